The van der Waals surface area contributed by atoms with Crippen molar-refractivity contribution in [2.75, 3.05) is 5.32 Å². The first-order valence-corrected chi connectivity index (χ1v) is 4.70. The van der Waals surface area contributed by atoms with E-state index >= 15 is 0 Å². The fraction of sp³-hybridized carbons (Fsp3) is 0.444. The topological polar surface area (TPSA) is 104 Å². The molecule has 88 valence electrons. The van der Waals surface area contributed by atoms with Gasteiger partial charge in [0.25, 0.3) is 0 Å². The van der Waals surface area contributed by atoms with Crippen molar-refractivity contribution in [2.24, 2.45) is 5.92 Å². The molecule has 0 fully saturated rings. The number of hydrogen-bond acceptors (Lipinski definition) is 4. The first-order valence-electron chi connectivity index (χ1n) is 4.70. The fourth-order valence-electron chi connectivity index (χ4n) is 1.05. The standard InChI is InChI=1S/C9H13N3O4/c1-5(2)6(7(13)14)16-9(15)12-8-10-3-4-11-8/h3-6H,1-2H3,(H,13,14)(H2,10,11,12,15)/t6-/m0/s1. The molecule has 0 radical (unpaired) electrons. The summed E-state index contributed by atoms with van der Waals surface area (Å²) in [5.74, 6) is -1.28. The fourth-order valence-corrected chi connectivity index (χ4v) is 1.05. The van der Waals surface area contributed by atoms with Crippen LogP contribution in [0.4, 0.5) is 10.7 Å². The molecule has 0 aliphatic carbocycles. The van der Waals surface area contributed by atoms with E-state index in [-0.39, 0.29) is 11.9 Å². The number of aliphatic carboxylic acids is 1. The van der Waals surface area contributed by atoms with Crippen LogP contribution < -0.4 is 5.32 Å². The summed E-state index contributed by atoms with van der Waals surface area (Å²) in [6.07, 6.45) is 0.949. The summed E-state index contributed by atoms with van der Waals surface area (Å²) >= 11 is 0. The molecule has 1 aromatic heterocycles. The van der Waals surface area contributed by atoms with Crippen LogP contribution in [0.3, 0.4) is 0 Å². The lowest BCUT2D eigenvalue weighted by molar-refractivity contribution is -0.148. The minimum absolute atomic E-state index is 0.206. The number of carboxylic acid groups (broad SMARTS) is 1. The number of rotatable bonds is 4. The van der Waals surface area contributed by atoms with E-state index in [0.717, 1.165) is 0 Å². The van der Waals surface area contributed by atoms with Crippen LogP contribution in [0, 0.1) is 5.92 Å². The zero-order valence-electron chi connectivity index (χ0n) is 8.93. The Morgan fingerprint density at radius 2 is 2.25 bits per heavy atom. The first-order chi connectivity index (χ1) is 7.50. The summed E-state index contributed by atoms with van der Waals surface area (Å²) in [7, 11) is 0. The number of amides is 1. The lowest BCUT2D eigenvalue weighted by Gasteiger charge is -2.16. The lowest BCUT2D eigenvalue weighted by Crippen LogP contribution is -2.33. The number of carbonyl (C=O) groups is 2. The molecule has 0 aliphatic heterocycles. The normalized spacial score (nSPS) is 12.2. The highest BCUT2D eigenvalue weighted by Gasteiger charge is 2.25. The van der Waals surface area contributed by atoms with Gasteiger partial charge in [0, 0.05) is 18.3 Å². The van der Waals surface area contributed by atoms with Crippen LogP contribution in [0.15, 0.2) is 12.4 Å². The van der Waals surface area contributed by atoms with Crippen molar-refractivity contribution in [1.82, 2.24) is 9.97 Å². The number of H-pyrrole nitrogens is 1. The molecule has 1 rings (SSSR count). The molecule has 0 aliphatic rings. The molecule has 1 atom stereocenters. The molecule has 7 nitrogen and oxygen atoms in total. The molecule has 7 heteroatoms. The van der Waals surface area contributed by atoms with E-state index in [1.54, 1.807) is 13.8 Å². The van der Waals surface area contributed by atoms with Crippen LogP contribution in [-0.2, 0) is 9.53 Å². The van der Waals surface area contributed by atoms with E-state index in [0.29, 0.717) is 0 Å². The minimum Gasteiger partial charge on any atom is -0.478 e. The molecule has 1 amide bonds. The van der Waals surface area contributed by atoms with E-state index in [4.69, 9.17) is 9.84 Å². The third-order valence-electron chi connectivity index (χ3n) is 1.80. The van der Waals surface area contributed by atoms with Crippen LogP contribution in [-0.4, -0.2) is 33.2 Å². The van der Waals surface area contributed by atoms with Gasteiger partial charge in [0.15, 0.2) is 0 Å². The quantitative estimate of drug-likeness (QED) is 0.713. The highest BCUT2D eigenvalue weighted by Crippen LogP contribution is 2.08. The largest absolute Gasteiger partial charge is 0.478 e. The smallest absolute Gasteiger partial charge is 0.414 e. The molecule has 3 N–H and O–H groups in total. The molecule has 0 saturated carbocycles. The molecular weight excluding hydrogens is 214 g/mol. The van der Waals surface area contributed by atoms with Gasteiger partial charge in [0.1, 0.15) is 0 Å². The van der Waals surface area contributed by atoms with Crippen molar-refractivity contribution in [3.63, 3.8) is 0 Å². The monoisotopic (exact) mass is 227 g/mol. The minimum atomic E-state index is -1.18. The van der Waals surface area contributed by atoms with Crippen molar-refractivity contribution in [3.8, 4) is 0 Å². The van der Waals surface area contributed by atoms with Gasteiger partial charge in [-0.25, -0.2) is 14.6 Å². The van der Waals surface area contributed by atoms with Crippen LogP contribution in [0.1, 0.15) is 13.8 Å². The van der Waals surface area contributed by atoms with Crippen LogP contribution in [0.25, 0.3) is 0 Å². The third kappa shape index (κ3) is 3.26. The van der Waals surface area contributed by atoms with Gasteiger partial charge < -0.3 is 14.8 Å². The van der Waals surface area contributed by atoms with Gasteiger partial charge in [-0.2, -0.15) is 0 Å². The highest BCUT2D eigenvalue weighted by atomic mass is 16.6. The predicted octanol–water partition coefficient (Wildman–Crippen LogP) is 1.07. The van der Waals surface area contributed by atoms with Gasteiger partial charge in [-0.1, -0.05) is 13.8 Å². The van der Waals surface area contributed by atoms with Gasteiger partial charge in [0.05, 0.1) is 0 Å². The van der Waals surface area contributed by atoms with Crippen molar-refractivity contribution >= 4 is 18.0 Å². The first kappa shape index (κ1) is 12.0. The Hall–Kier alpha value is -2.05. The van der Waals surface area contributed by atoms with Crippen LogP contribution >= 0.6 is 0 Å². The Morgan fingerprint density at radius 3 is 2.69 bits per heavy atom. The highest BCUT2D eigenvalue weighted by molar-refractivity contribution is 5.85. The number of hydrogen-bond donors (Lipinski definition) is 3. The molecule has 0 bridgehead atoms. The average Bonchev–Trinajstić information content (AvgIpc) is 2.65. The number of ether oxygens (including phenoxy) is 1. The number of imidazole rings is 1. The number of carboxylic acids is 1. The molecule has 0 aromatic carbocycles. The van der Waals surface area contributed by atoms with Crippen LogP contribution in [0.2, 0.25) is 0 Å². The van der Waals surface area contributed by atoms with Gasteiger partial charge in [-0.3, -0.25) is 5.32 Å². The maximum atomic E-state index is 11.3. The predicted molar refractivity (Wildman–Crippen MR) is 55.0 cm³/mol. The Balaban J connectivity index is 2.52. The summed E-state index contributed by atoms with van der Waals surface area (Å²) in [6, 6.07) is 0. The summed E-state index contributed by atoms with van der Waals surface area (Å²) in [6.45, 7) is 3.30. The summed E-state index contributed by atoms with van der Waals surface area (Å²) in [4.78, 5) is 28.4. The molecule has 16 heavy (non-hydrogen) atoms. The number of nitrogens with zero attached hydrogens (tertiary/aromatic N) is 1. The van der Waals surface area contributed by atoms with E-state index < -0.39 is 18.2 Å². The van der Waals surface area contributed by atoms with Gasteiger partial charge in [-0.15, -0.1) is 0 Å². The zero-order chi connectivity index (χ0) is 12.1. The number of anilines is 1. The summed E-state index contributed by atoms with van der Waals surface area (Å²) in [5, 5.41) is 11.1. The average molecular weight is 227 g/mol. The molecule has 1 heterocycles. The van der Waals surface area contributed by atoms with Gasteiger partial charge >= 0.3 is 12.1 Å². The molecule has 0 spiro atoms. The second-order valence-electron chi connectivity index (χ2n) is 3.47. The van der Waals surface area contributed by atoms with Gasteiger partial charge in [0.2, 0.25) is 12.1 Å². The number of aromatic amines is 1. The second-order valence-corrected chi connectivity index (χ2v) is 3.47. The van der Waals surface area contributed by atoms with Crippen molar-refractivity contribution in [2.45, 2.75) is 20.0 Å². The molecule has 1 aromatic rings. The van der Waals surface area contributed by atoms with E-state index in [1.165, 1.54) is 12.4 Å². The van der Waals surface area contributed by atoms with Gasteiger partial charge in [-0.05, 0) is 0 Å². The maximum Gasteiger partial charge on any atom is 0.414 e. The van der Waals surface area contributed by atoms with E-state index in [2.05, 4.69) is 15.3 Å². The van der Waals surface area contributed by atoms with E-state index in [9.17, 15) is 9.59 Å². The molecule has 0 saturated heterocycles. The Bertz CT molecular complexity index is 361. The molecule has 0 unspecified atom stereocenters. The summed E-state index contributed by atoms with van der Waals surface area (Å²) in [5.41, 5.74) is 0. The SMILES string of the molecule is CC(C)[C@H](OC(=O)Nc1ncc[nH]1)C(=O)O. The van der Waals surface area contributed by atoms with Crippen molar-refractivity contribution < 1.29 is 19.4 Å². The Morgan fingerprint density at radius 1 is 1.56 bits per heavy atom. The summed E-state index contributed by atoms with van der Waals surface area (Å²) < 4.78 is 4.74. The van der Waals surface area contributed by atoms with E-state index in [1.807, 2.05) is 0 Å². The Labute approximate surface area is 91.8 Å². The van der Waals surface area contributed by atoms with Crippen molar-refractivity contribution in [1.29, 1.82) is 0 Å². The molecular formula is C9H13N3O4. The number of aromatic nitrogens is 2. The zero-order valence-corrected chi connectivity index (χ0v) is 8.93. The van der Waals surface area contributed by atoms with Crippen molar-refractivity contribution in [3.05, 3.63) is 12.4 Å². The maximum absolute atomic E-state index is 11.3. The van der Waals surface area contributed by atoms with Crippen LogP contribution in [0.5, 0.6) is 0 Å². The second kappa shape index (κ2) is 5.15. The number of carbonyl (C=O) groups excluding carboxylic acids is 1. The Kier molecular flexibility index (Phi) is 3.87. The third-order valence-corrected chi connectivity index (χ3v) is 1.80. The lowest BCUT2D eigenvalue weighted by atomic mass is 10.1. The number of nitrogens with one attached hydrogen (secondary N) is 2.